The van der Waals surface area contributed by atoms with E-state index in [1.54, 1.807) is 21.3 Å². The lowest BCUT2D eigenvalue weighted by Gasteiger charge is -2.34. The summed E-state index contributed by atoms with van der Waals surface area (Å²) in [6.45, 7) is 6.03. The van der Waals surface area contributed by atoms with Gasteiger partial charge < -0.3 is 10.2 Å². The lowest BCUT2D eigenvalue weighted by Crippen LogP contribution is -2.44. The highest BCUT2D eigenvalue weighted by Crippen LogP contribution is 2.24. The van der Waals surface area contributed by atoms with Gasteiger partial charge in [-0.25, -0.2) is 4.98 Å². The molecule has 31 heavy (non-hydrogen) atoms. The molecule has 0 bridgehead atoms. The number of piperidine rings is 1. The molecule has 8 nitrogen and oxygen atoms in total. The summed E-state index contributed by atoms with van der Waals surface area (Å²) in [4.78, 5) is 35.9. The molecule has 2 aliphatic rings. The summed E-state index contributed by atoms with van der Waals surface area (Å²) < 4.78 is 4.49. The first-order chi connectivity index (χ1) is 15.0. The zero-order valence-corrected chi connectivity index (χ0v) is 19.0. The quantitative estimate of drug-likeness (QED) is 0.594. The molecule has 0 aromatic carbocycles. The van der Waals surface area contributed by atoms with Crippen molar-refractivity contribution in [3.63, 3.8) is 0 Å². The van der Waals surface area contributed by atoms with Crippen LogP contribution in [-0.2, 0) is 13.1 Å². The number of aromatic nitrogens is 4. The van der Waals surface area contributed by atoms with Crippen molar-refractivity contribution in [2.24, 2.45) is 0 Å². The Labute approximate surface area is 188 Å². The molecular weight excluding hydrogens is 460 g/mol. The first-order valence-electron chi connectivity index (χ1n) is 10.7. The molecule has 162 valence electrons. The Hall–Kier alpha value is -2.36. The fourth-order valence-electron chi connectivity index (χ4n) is 4.68. The number of pyridine rings is 2. The molecule has 0 radical (unpaired) electrons. The third-order valence-corrected chi connectivity index (χ3v) is 7.21. The van der Waals surface area contributed by atoms with Crippen LogP contribution >= 0.6 is 15.9 Å². The van der Waals surface area contributed by atoms with Gasteiger partial charge in [-0.3, -0.25) is 23.7 Å². The second-order valence-electron chi connectivity index (χ2n) is 8.48. The molecular formula is C22H25BrN6O2. The molecule has 5 rings (SSSR count). The van der Waals surface area contributed by atoms with E-state index in [9.17, 15) is 9.59 Å². The van der Waals surface area contributed by atoms with E-state index in [2.05, 4.69) is 42.2 Å². The SMILES string of the molecule is Cc1ncc(CNC2CCN(CC3Cn4c(=O)cnc5ccc(=O)n3c54)CC2)cc1Br. The Bertz CT molecular complexity index is 1240. The Balaban J connectivity index is 1.21. The van der Waals surface area contributed by atoms with Crippen LogP contribution in [-0.4, -0.2) is 49.7 Å². The van der Waals surface area contributed by atoms with Gasteiger partial charge in [0.1, 0.15) is 11.2 Å². The van der Waals surface area contributed by atoms with Crippen molar-refractivity contribution in [1.82, 2.24) is 29.3 Å². The molecule has 9 heteroatoms. The molecule has 1 fully saturated rings. The van der Waals surface area contributed by atoms with Crippen molar-refractivity contribution in [3.8, 4) is 0 Å². The number of hydrogen-bond donors (Lipinski definition) is 1. The number of rotatable bonds is 5. The van der Waals surface area contributed by atoms with E-state index in [1.807, 2.05) is 13.1 Å². The Morgan fingerprint density at radius 1 is 1.13 bits per heavy atom. The van der Waals surface area contributed by atoms with Crippen LogP contribution in [0.5, 0.6) is 0 Å². The molecule has 5 heterocycles. The number of hydrogen-bond acceptors (Lipinski definition) is 6. The molecule has 3 aromatic rings. The average molecular weight is 485 g/mol. The predicted octanol–water partition coefficient (Wildman–Crippen LogP) is 1.83. The van der Waals surface area contributed by atoms with Crippen molar-refractivity contribution in [1.29, 1.82) is 0 Å². The maximum atomic E-state index is 12.6. The standard InChI is InChI=1S/C22H25BrN6O2/c1-14-18(23)8-15(9-24-14)10-25-16-4-6-27(7-5-16)12-17-13-28-21(31)11-26-19-2-3-20(30)29(17)22(19)28/h2-3,8-9,11,16-17,25H,4-7,10,12-13H2,1H3. The molecule has 0 aliphatic carbocycles. The van der Waals surface area contributed by atoms with Gasteiger partial charge in [0, 0.05) is 42.4 Å². The van der Waals surface area contributed by atoms with Crippen LogP contribution in [0.25, 0.3) is 11.2 Å². The second kappa shape index (κ2) is 8.29. The summed E-state index contributed by atoms with van der Waals surface area (Å²) in [5.74, 6) is 0. The van der Waals surface area contributed by atoms with Crippen LogP contribution < -0.4 is 16.4 Å². The first kappa shape index (κ1) is 20.5. The molecule has 0 amide bonds. The number of likely N-dealkylation sites (tertiary alicyclic amines) is 1. The topological polar surface area (TPSA) is 85.1 Å². The highest BCUT2D eigenvalue weighted by atomic mass is 79.9. The Morgan fingerprint density at radius 3 is 2.71 bits per heavy atom. The summed E-state index contributed by atoms with van der Waals surface area (Å²) in [6, 6.07) is 5.81. The third kappa shape index (κ3) is 3.97. The van der Waals surface area contributed by atoms with Gasteiger partial charge in [-0.05, 0) is 66.5 Å². The monoisotopic (exact) mass is 484 g/mol. The van der Waals surface area contributed by atoms with Gasteiger partial charge in [-0.1, -0.05) is 0 Å². The van der Waals surface area contributed by atoms with Crippen LogP contribution in [0, 0.1) is 6.92 Å². The largest absolute Gasteiger partial charge is 0.310 e. The van der Waals surface area contributed by atoms with Crippen LogP contribution in [0.2, 0.25) is 0 Å². The predicted molar refractivity (Wildman–Crippen MR) is 122 cm³/mol. The van der Waals surface area contributed by atoms with E-state index in [0.29, 0.717) is 23.8 Å². The zero-order valence-electron chi connectivity index (χ0n) is 17.4. The number of halogens is 1. The maximum absolute atomic E-state index is 12.6. The van der Waals surface area contributed by atoms with E-state index in [4.69, 9.17) is 0 Å². The summed E-state index contributed by atoms with van der Waals surface area (Å²) in [5.41, 5.74) is 3.32. The van der Waals surface area contributed by atoms with E-state index >= 15 is 0 Å². The minimum Gasteiger partial charge on any atom is -0.310 e. The molecule has 1 atom stereocenters. The summed E-state index contributed by atoms with van der Waals surface area (Å²) >= 11 is 3.55. The third-order valence-electron chi connectivity index (χ3n) is 6.41. The van der Waals surface area contributed by atoms with Crippen LogP contribution in [0.3, 0.4) is 0 Å². The number of aryl methyl sites for hydroxylation is 1. The Morgan fingerprint density at radius 2 is 1.94 bits per heavy atom. The van der Waals surface area contributed by atoms with Crippen molar-refractivity contribution >= 4 is 27.1 Å². The molecule has 1 saturated heterocycles. The Kier molecular flexibility index (Phi) is 5.49. The first-order valence-corrected chi connectivity index (χ1v) is 11.5. The van der Waals surface area contributed by atoms with Crippen LogP contribution in [0.15, 0.2) is 44.7 Å². The van der Waals surface area contributed by atoms with Gasteiger partial charge in [0.25, 0.3) is 11.1 Å². The minimum atomic E-state index is -0.144. The van der Waals surface area contributed by atoms with Crippen LogP contribution in [0.4, 0.5) is 0 Å². The second-order valence-corrected chi connectivity index (χ2v) is 9.33. The molecule has 0 saturated carbocycles. The van der Waals surface area contributed by atoms with Crippen LogP contribution in [0.1, 0.15) is 30.1 Å². The zero-order chi connectivity index (χ0) is 21.5. The van der Waals surface area contributed by atoms with E-state index in [0.717, 1.165) is 49.2 Å². The number of nitrogens with one attached hydrogen (secondary N) is 1. The fraction of sp³-hybridized carbons (Fsp3) is 0.455. The molecule has 1 N–H and O–H groups in total. The number of nitrogens with zero attached hydrogens (tertiary/aromatic N) is 5. The normalized spacial score (nSPS) is 19.4. The van der Waals surface area contributed by atoms with Gasteiger partial charge in [-0.2, -0.15) is 0 Å². The lowest BCUT2D eigenvalue weighted by atomic mass is 10.0. The summed E-state index contributed by atoms with van der Waals surface area (Å²) in [6.07, 6.45) is 5.38. The van der Waals surface area contributed by atoms with Crippen molar-refractivity contribution in [2.45, 2.75) is 44.9 Å². The highest BCUT2D eigenvalue weighted by Gasteiger charge is 2.29. The lowest BCUT2D eigenvalue weighted by molar-refractivity contribution is 0.171. The van der Waals surface area contributed by atoms with Gasteiger partial charge >= 0.3 is 0 Å². The van der Waals surface area contributed by atoms with Crippen molar-refractivity contribution < 1.29 is 0 Å². The van der Waals surface area contributed by atoms with Crippen molar-refractivity contribution in [3.05, 3.63) is 67.0 Å². The van der Waals surface area contributed by atoms with Crippen molar-refractivity contribution in [2.75, 3.05) is 19.6 Å². The van der Waals surface area contributed by atoms with E-state index in [1.165, 1.54) is 11.8 Å². The fourth-order valence-corrected chi connectivity index (χ4v) is 5.08. The van der Waals surface area contributed by atoms with Gasteiger partial charge in [0.2, 0.25) is 0 Å². The molecule has 2 aliphatic heterocycles. The van der Waals surface area contributed by atoms with E-state index in [-0.39, 0.29) is 17.2 Å². The minimum absolute atomic E-state index is 0.0337. The molecule has 0 spiro atoms. The molecule has 1 unspecified atom stereocenters. The van der Waals surface area contributed by atoms with Gasteiger partial charge in [0.05, 0.1) is 17.9 Å². The van der Waals surface area contributed by atoms with Gasteiger partial charge in [-0.15, -0.1) is 0 Å². The summed E-state index contributed by atoms with van der Waals surface area (Å²) in [5, 5.41) is 3.65. The highest BCUT2D eigenvalue weighted by molar-refractivity contribution is 9.10. The smallest absolute Gasteiger partial charge is 0.270 e. The van der Waals surface area contributed by atoms with Gasteiger partial charge in [0.15, 0.2) is 0 Å². The maximum Gasteiger partial charge on any atom is 0.270 e. The average Bonchev–Trinajstić information content (AvgIpc) is 3.15. The summed E-state index contributed by atoms with van der Waals surface area (Å²) in [7, 11) is 0. The molecule has 3 aromatic heterocycles. The van der Waals surface area contributed by atoms with E-state index < -0.39 is 0 Å².